The van der Waals surface area contributed by atoms with Gasteiger partial charge in [0.15, 0.2) is 11.0 Å². The molecule has 2 rings (SSSR count). The fraction of sp³-hybridized carbons (Fsp3) is 0.231. The minimum absolute atomic E-state index is 0.0940. The van der Waals surface area contributed by atoms with Crippen LogP contribution in [-0.4, -0.2) is 9.97 Å². The molecule has 0 amide bonds. The van der Waals surface area contributed by atoms with Gasteiger partial charge in [-0.1, -0.05) is 29.3 Å². The lowest BCUT2D eigenvalue weighted by molar-refractivity contribution is 0.627. The molecule has 1 aromatic carbocycles. The summed E-state index contributed by atoms with van der Waals surface area (Å²) in [7, 11) is 0. The summed E-state index contributed by atoms with van der Waals surface area (Å²) in [5.74, 6) is 0.0691. The summed E-state index contributed by atoms with van der Waals surface area (Å²) in [6.45, 7) is 4.15. The second-order valence-corrected chi connectivity index (χ2v) is 4.90. The van der Waals surface area contributed by atoms with Crippen LogP contribution in [0.3, 0.4) is 0 Å². The SMILES string of the molecule is Cc1nc(Cl)c(NCc2ccc(F)c(Cl)c2)nc1C. The number of hydrogen-bond acceptors (Lipinski definition) is 3. The van der Waals surface area contributed by atoms with Crippen molar-refractivity contribution in [2.75, 3.05) is 5.32 Å². The molecule has 0 unspecified atom stereocenters. The highest BCUT2D eigenvalue weighted by Crippen LogP contribution is 2.20. The fourth-order valence-corrected chi connectivity index (χ4v) is 1.96. The number of rotatable bonds is 3. The molecule has 0 saturated heterocycles. The van der Waals surface area contributed by atoms with Crippen molar-refractivity contribution in [2.24, 2.45) is 0 Å². The molecule has 100 valence electrons. The Hall–Kier alpha value is -1.39. The highest BCUT2D eigenvalue weighted by Gasteiger charge is 2.07. The number of aromatic nitrogens is 2. The van der Waals surface area contributed by atoms with E-state index < -0.39 is 5.82 Å². The molecule has 2 aromatic rings. The zero-order valence-corrected chi connectivity index (χ0v) is 12.0. The predicted molar refractivity (Wildman–Crippen MR) is 75.3 cm³/mol. The molecule has 0 atom stereocenters. The van der Waals surface area contributed by atoms with E-state index >= 15 is 0 Å². The van der Waals surface area contributed by atoms with Crippen molar-refractivity contribution in [3.8, 4) is 0 Å². The van der Waals surface area contributed by atoms with Crippen molar-refractivity contribution >= 4 is 29.0 Å². The Bertz CT molecular complexity index is 617. The molecular weight excluding hydrogens is 288 g/mol. The molecule has 1 N–H and O–H groups in total. The number of nitrogens with zero attached hydrogens (tertiary/aromatic N) is 2. The molecule has 0 aliphatic heterocycles. The van der Waals surface area contributed by atoms with Crippen molar-refractivity contribution in [2.45, 2.75) is 20.4 Å². The number of hydrogen-bond donors (Lipinski definition) is 1. The molecule has 1 heterocycles. The van der Waals surface area contributed by atoms with Gasteiger partial charge in [-0.15, -0.1) is 0 Å². The van der Waals surface area contributed by atoms with E-state index in [0.29, 0.717) is 17.5 Å². The molecule has 0 aliphatic rings. The van der Waals surface area contributed by atoms with Crippen LogP contribution >= 0.6 is 23.2 Å². The summed E-state index contributed by atoms with van der Waals surface area (Å²) in [5.41, 5.74) is 2.44. The van der Waals surface area contributed by atoms with Gasteiger partial charge in [-0.2, -0.15) is 0 Å². The summed E-state index contributed by atoms with van der Waals surface area (Å²) in [5, 5.41) is 3.47. The minimum atomic E-state index is -0.436. The van der Waals surface area contributed by atoms with Crippen LogP contribution in [0.5, 0.6) is 0 Å². The van der Waals surface area contributed by atoms with Crippen LogP contribution in [0.1, 0.15) is 17.0 Å². The van der Waals surface area contributed by atoms with Crippen LogP contribution in [-0.2, 0) is 6.54 Å². The molecule has 6 heteroatoms. The Morgan fingerprint density at radius 3 is 2.53 bits per heavy atom. The van der Waals surface area contributed by atoms with E-state index in [9.17, 15) is 4.39 Å². The molecular formula is C13H12Cl2FN3. The van der Waals surface area contributed by atoms with Crippen molar-refractivity contribution in [3.63, 3.8) is 0 Å². The third-order valence-corrected chi connectivity index (χ3v) is 3.26. The van der Waals surface area contributed by atoms with Gasteiger partial charge in [0.1, 0.15) is 5.82 Å². The van der Waals surface area contributed by atoms with Gasteiger partial charge in [-0.25, -0.2) is 14.4 Å². The normalized spacial score (nSPS) is 10.6. The second-order valence-electron chi connectivity index (χ2n) is 4.14. The van der Waals surface area contributed by atoms with E-state index in [1.807, 2.05) is 13.8 Å². The van der Waals surface area contributed by atoms with Gasteiger partial charge >= 0.3 is 0 Å². The smallest absolute Gasteiger partial charge is 0.171 e. The first-order valence-corrected chi connectivity index (χ1v) is 6.41. The van der Waals surface area contributed by atoms with Gasteiger partial charge < -0.3 is 5.32 Å². The first-order valence-electron chi connectivity index (χ1n) is 5.66. The van der Waals surface area contributed by atoms with E-state index in [1.165, 1.54) is 6.07 Å². The Labute approximate surface area is 120 Å². The van der Waals surface area contributed by atoms with Gasteiger partial charge in [0.2, 0.25) is 0 Å². The number of nitrogens with one attached hydrogen (secondary N) is 1. The maximum Gasteiger partial charge on any atom is 0.171 e. The lowest BCUT2D eigenvalue weighted by Gasteiger charge is -2.09. The van der Waals surface area contributed by atoms with Crippen LogP contribution in [0.2, 0.25) is 10.2 Å². The van der Waals surface area contributed by atoms with Gasteiger partial charge in [-0.05, 0) is 31.5 Å². The van der Waals surface area contributed by atoms with Crippen molar-refractivity contribution in [1.82, 2.24) is 9.97 Å². The molecule has 0 fully saturated rings. The van der Waals surface area contributed by atoms with Crippen molar-refractivity contribution in [1.29, 1.82) is 0 Å². The molecule has 0 saturated carbocycles. The molecule has 0 radical (unpaired) electrons. The Morgan fingerprint density at radius 1 is 1.16 bits per heavy atom. The van der Waals surface area contributed by atoms with E-state index in [4.69, 9.17) is 23.2 Å². The Kier molecular flexibility index (Phi) is 4.22. The summed E-state index contributed by atoms with van der Waals surface area (Å²) >= 11 is 11.7. The van der Waals surface area contributed by atoms with Crippen LogP contribution in [0.4, 0.5) is 10.2 Å². The molecule has 0 bridgehead atoms. The fourth-order valence-electron chi connectivity index (χ4n) is 1.52. The van der Waals surface area contributed by atoms with E-state index in [0.717, 1.165) is 17.0 Å². The second kappa shape index (κ2) is 5.72. The first kappa shape index (κ1) is 14.0. The Morgan fingerprint density at radius 2 is 1.84 bits per heavy atom. The van der Waals surface area contributed by atoms with E-state index in [-0.39, 0.29) is 5.02 Å². The van der Waals surface area contributed by atoms with Crippen molar-refractivity contribution in [3.05, 3.63) is 51.1 Å². The molecule has 0 aliphatic carbocycles. The topological polar surface area (TPSA) is 37.8 Å². The van der Waals surface area contributed by atoms with Crippen LogP contribution in [0, 0.1) is 19.7 Å². The van der Waals surface area contributed by atoms with E-state index in [1.54, 1.807) is 12.1 Å². The summed E-state index contributed by atoms with van der Waals surface area (Å²) in [6, 6.07) is 4.54. The predicted octanol–water partition coefficient (Wildman–Crippen LogP) is 4.15. The lowest BCUT2D eigenvalue weighted by Crippen LogP contribution is -2.05. The highest BCUT2D eigenvalue weighted by atomic mass is 35.5. The van der Waals surface area contributed by atoms with Crippen LogP contribution in [0.25, 0.3) is 0 Å². The zero-order chi connectivity index (χ0) is 14.0. The largest absolute Gasteiger partial charge is 0.363 e. The number of aryl methyl sites for hydroxylation is 2. The van der Waals surface area contributed by atoms with Crippen LogP contribution in [0.15, 0.2) is 18.2 Å². The van der Waals surface area contributed by atoms with Gasteiger partial charge in [0.25, 0.3) is 0 Å². The standard InChI is InChI=1S/C13H12Cl2FN3/c1-7-8(2)19-13(12(15)18-7)17-6-9-3-4-11(16)10(14)5-9/h3-5H,6H2,1-2H3,(H,17,19). The molecule has 3 nitrogen and oxygen atoms in total. The maximum atomic E-state index is 13.0. The monoisotopic (exact) mass is 299 g/mol. The molecule has 1 aromatic heterocycles. The summed E-state index contributed by atoms with van der Waals surface area (Å²) < 4.78 is 13.0. The third kappa shape index (κ3) is 3.33. The van der Waals surface area contributed by atoms with Crippen molar-refractivity contribution < 1.29 is 4.39 Å². The highest BCUT2D eigenvalue weighted by molar-refractivity contribution is 6.31. The van der Waals surface area contributed by atoms with Gasteiger partial charge in [0, 0.05) is 6.54 Å². The minimum Gasteiger partial charge on any atom is -0.363 e. The van der Waals surface area contributed by atoms with Gasteiger partial charge in [-0.3, -0.25) is 0 Å². The number of benzene rings is 1. The quantitative estimate of drug-likeness (QED) is 0.925. The number of anilines is 1. The Balaban J connectivity index is 2.14. The van der Waals surface area contributed by atoms with Crippen LogP contribution < -0.4 is 5.32 Å². The van der Waals surface area contributed by atoms with E-state index in [2.05, 4.69) is 15.3 Å². The lowest BCUT2D eigenvalue weighted by atomic mass is 10.2. The summed E-state index contributed by atoms with van der Waals surface area (Å²) in [6.07, 6.45) is 0. The maximum absolute atomic E-state index is 13.0. The average molecular weight is 300 g/mol. The third-order valence-electron chi connectivity index (χ3n) is 2.71. The molecule has 0 spiro atoms. The zero-order valence-electron chi connectivity index (χ0n) is 10.5. The average Bonchev–Trinajstić information content (AvgIpc) is 2.36. The molecule has 19 heavy (non-hydrogen) atoms. The number of halogens is 3. The van der Waals surface area contributed by atoms with Gasteiger partial charge in [0.05, 0.1) is 16.4 Å². The summed E-state index contributed by atoms with van der Waals surface area (Å²) in [4.78, 5) is 8.49. The first-order chi connectivity index (χ1) is 8.97.